The van der Waals surface area contributed by atoms with E-state index in [1.54, 1.807) is 7.11 Å². The Balaban J connectivity index is 2.19. The molecule has 2 atom stereocenters. The molecule has 1 aromatic carbocycles. The van der Waals surface area contributed by atoms with Gasteiger partial charge in [0.25, 0.3) is 0 Å². The van der Waals surface area contributed by atoms with Gasteiger partial charge >= 0.3 is 0 Å². The lowest BCUT2D eigenvalue weighted by Gasteiger charge is -2.31. The van der Waals surface area contributed by atoms with Gasteiger partial charge in [0.1, 0.15) is 6.54 Å². The lowest BCUT2D eigenvalue weighted by molar-refractivity contribution is -0.921. The van der Waals surface area contributed by atoms with Gasteiger partial charge in [0.15, 0.2) is 17.5 Å². The van der Waals surface area contributed by atoms with Crippen molar-refractivity contribution in [1.82, 2.24) is 0 Å². The third-order valence-corrected chi connectivity index (χ3v) is 3.97. The number of ether oxygens (including phenoxy) is 3. The molecule has 0 fully saturated rings. The summed E-state index contributed by atoms with van der Waals surface area (Å²) in [6.07, 6.45) is 1.05. The number of likely N-dealkylation sites (N-methyl/N-ethyl adjacent to an activating group) is 1. The fourth-order valence-electron chi connectivity index (χ4n) is 3.01. The molecule has 1 aromatic rings. The first kappa shape index (κ1) is 11.6. The molecule has 5 nitrogen and oxygen atoms in total. The highest BCUT2D eigenvalue weighted by molar-refractivity contribution is 5.61. The number of fused-ring (bicyclic) bond motifs is 2. The predicted octanol–water partition coefficient (Wildman–Crippen LogP) is -1.22. The molecular formula is C13H20N2O3+2. The molecule has 98 valence electrons. The van der Waals surface area contributed by atoms with Crippen LogP contribution in [0.5, 0.6) is 17.2 Å². The van der Waals surface area contributed by atoms with Crippen molar-refractivity contribution >= 4 is 0 Å². The van der Waals surface area contributed by atoms with Crippen LogP contribution in [0.2, 0.25) is 0 Å². The van der Waals surface area contributed by atoms with Gasteiger partial charge in [-0.15, -0.1) is 0 Å². The second-order valence-electron chi connectivity index (χ2n) is 4.90. The molecule has 1 unspecified atom stereocenters. The summed E-state index contributed by atoms with van der Waals surface area (Å²) >= 11 is 0. The van der Waals surface area contributed by atoms with Crippen LogP contribution >= 0.6 is 0 Å². The van der Waals surface area contributed by atoms with E-state index >= 15 is 0 Å². The maximum absolute atomic E-state index is 5.59. The van der Waals surface area contributed by atoms with E-state index in [-0.39, 0.29) is 6.79 Å². The Hall–Kier alpha value is -1.46. The van der Waals surface area contributed by atoms with E-state index in [0.29, 0.717) is 6.04 Å². The van der Waals surface area contributed by atoms with E-state index in [4.69, 9.17) is 14.2 Å². The minimum absolute atomic E-state index is 0.284. The van der Waals surface area contributed by atoms with Crippen LogP contribution in [0.4, 0.5) is 0 Å². The van der Waals surface area contributed by atoms with Crippen molar-refractivity contribution in [3.63, 3.8) is 0 Å². The zero-order chi connectivity index (χ0) is 12.7. The Morgan fingerprint density at radius 2 is 2.33 bits per heavy atom. The molecule has 0 saturated carbocycles. The average molecular weight is 252 g/mol. The first-order valence-electron chi connectivity index (χ1n) is 6.37. The van der Waals surface area contributed by atoms with Gasteiger partial charge in [-0.05, 0) is 11.6 Å². The van der Waals surface area contributed by atoms with Crippen LogP contribution in [0, 0.1) is 0 Å². The molecule has 0 amide bonds. The van der Waals surface area contributed by atoms with Crippen LogP contribution in [0.15, 0.2) is 6.07 Å². The smallest absolute Gasteiger partial charge is 0.231 e. The highest BCUT2D eigenvalue weighted by Crippen LogP contribution is 2.47. The number of nitrogens with one attached hydrogen (secondary N) is 1. The van der Waals surface area contributed by atoms with E-state index in [9.17, 15) is 0 Å². The highest BCUT2D eigenvalue weighted by Gasteiger charge is 2.36. The van der Waals surface area contributed by atoms with Crippen LogP contribution in [-0.4, -0.2) is 34.0 Å². The van der Waals surface area contributed by atoms with Crippen LogP contribution in [0.3, 0.4) is 0 Å². The molecule has 0 bridgehead atoms. The number of rotatable bonds is 2. The second kappa shape index (κ2) is 4.33. The lowest BCUT2D eigenvalue weighted by atomic mass is 9.91. The minimum atomic E-state index is 0.284. The topological polar surface area (TPSA) is 59.8 Å². The van der Waals surface area contributed by atoms with Gasteiger partial charge in [0, 0.05) is 6.42 Å². The number of methoxy groups -OCH3 is 1. The van der Waals surface area contributed by atoms with E-state index in [1.807, 2.05) is 0 Å². The first-order valence-corrected chi connectivity index (χ1v) is 6.37. The normalized spacial score (nSPS) is 24.8. The average Bonchev–Trinajstić information content (AvgIpc) is 2.84. The van der Waals surface area contributed by atoms with Gasteiger partial charge in [-0.3, -0.25) is 0 Å². The number of hydrogen-bond acceptors (Lipinski definition) is 3. The molecule has 0 saturated heterocycles. The Kier molecular flexibility index (Phi) is 2.80. The SMILES string of the molecule is COc1c2c(cc3c1[C@H](C[NH3+])[NH+](C)CC3)OCO2. The summed E-state index contributed by atoms with van der Waals surface area (Å²) in [7, 11) is 3.91. The molecule has 0 spiro atoms. The van der Waals surface area contributed by atoms with Gasteiger partial charge in [-0.2, -0.15) is 0 Å². The highest BCUT2D eigenvalue weighted by atomic mass is 16.7. The maximum atomic E-state index is 5.59. The van der Waals surface area contributed by atoms with Gasteiger partial charge in [0.2, 0.25) is 12.5 Å². The summed E-state index contributed by atoms with van der Waals surface area (Å²) in [5, 5.41) is 0. The fourth-order valence-corrected chi connectivity index (χ4v) is 3.01. The standard InChI is InChI=1S/C13H18N2O3/c1-15-4-3-8-5-10-12(18-7-17-10)13(16-2)11(8)9(15)6-14/h5,9H,3-4,6-7,14H2,1-2H3/p+2/t9-/m0/s1. The van der Waals surface area contributed by atoms with Crippen LogP contribution < -0.4 is 24.8 Å². The summed E-state index contributed by atoms with van der Waals surface area (Å²) in [4.78, 5) is 1.48. The van der Waals surface area contributed by atoms with E-state index in [0.717, 1.165) is 36.8 Å². The van der Waals surface area contributed by atoms with E-state index in [1.165, 1.54) is 16.0 Å². The molecular weight excluding hydrogens is 232 g/mol. The third-order valence-electron chi connectivity index (χ3n) is 3.97. The zero-order valence-corrected chi connectivity index (χ0v) is 10.9. The summed E-state index contributed by atoms with van der Waals surface area (Å²) in [6, 6.07) is 2.48. The summed E-state index contributed by atoms with van der Waals surface area (Å²) in [6.45, 7) is 2.26. The van der Waals surface area contributed by atoms with Gasteiger partial charge in [-0.25, -0.2) is 0 Å². The van der Waals surface area contributed by atoms with Crippen molar-refractivity contribution in [3.05, 3.63) is 17.2 Å². The minimum Gasteiger partial charge on any atom is -0.492 e. The Morgan fingerprint density at radius 3 is 3.06 bits per heavy atom. The summed E-state index contributed by atoms with van der Waals surface area (Å²) in [5.74, 6) is 2.41. The third kappa shape index (κ3) is 1.54. The molecule has 0 aliphatic carbocycles. The molecule has 2 aliphatic heterocycles. The van der Waals surface area contributed by atoms with Crippen LogP contribution in [0.1, 0.15) is 17.2 Å². The summed E-state index contributed by atoms with van der Waals surface area (Å²) < 4.78 is 16.6. The summed E-state index contributed by atoms with van der Waals surface area (Å²) in [5.41, 5.74) is 6.64. The van der Waals surface area contributed by atoms with Crippen molar-refractivity contribution < 1.29 is 24.8 Å². The van der Waals surface area contributed by atoms with Crippen molar-refractivity contribution in [2.75, 3.05) is 34.0 Å². The molecule has 2 aliphatic rings. The van der Waals surface area contributed by atoms with E-state index in [2.05, 4.69) is 18.8 Å². The van der Waals surface area contributed by atoms with Gasteiger partial charge in [0.05, 0.1) is 26.3 Å². The van der Waals surface area contributed by atoms with Crippen molar-refractivity contribution in [3.8, 4) is 17.2 Å². The molecule has 5 heteroatoms. The lowest BCUT2D eigenvalue weighted by Crippen LogP contribution is -3.12. The van der Waals surface area contributed by atoms with Crippen molar-refractivity contribution in [2.45, 2.75) is 12.5 Å². The quantitative estimate of drug-likeness (QED) is 0.693. The number of quaternary nitrogens is 2. The zero-order valence-electron chi connectivity index (χ0n) is 10.9. The largest absolute Gasteiger partial charge is 0.492 e. The Bertz CT molecular complexity index is 476. The molecule has 0 radical (unpaired) electrons. The number of hydrogen-bond donors (Lipinski definition) is 2. The van der Waals surface area contributed by atoms with Gasteiger partial charge < -0.3 is 24.8 Å². The molecule has 3 rings (SSSR count). The molecule has 0 aromatic heterocycles. The maximum Gasteiger partial charge on any atom is 0.231 e. The second-order valence-corrected chi connectivity index (χ2v) is 4.90. The predicted molar refractivity (Wildman–Crippen MR) is 65.1 cm³/mol. The monoisotopic (exact) mass is 252 g/mol. The molecule has 18 heavy (non-hydrogen) atoms. The van der Waals surface area contributed by atoms with E-state index < -0.39 is 0 Å². The van der Waals surface area contributed by atoms with Crippen LogP contribution in [-0.2, 0) is 6.42 Å². The van der Waals surface area contributed by atoms with Crippen LogP contribution in [0.25, 0.3) is 0 Å². The molecule has 4 N–H and O–H groups in total. The fraction of sp³-hybridized carbons (Fsp3) is 0.538. The van der Waals surface area contributed by atoms with Crippen molar-refractivity contribution in [1.29, 1.82) is 0 Å². The Labute approximate surface area is 106 Å². The number of benzene rings is 1. The molecule has 2 heterocycles. The van der Waals surface area contributed by atoms with Gasteiger partial charge in [-0.1, -0.05) is 0 Å². The Morgan fingerprint density at radius 1 is 1.50 bits per heavy atom. The first-order chi connectivity index (χ1) is 8.76. The van der Waals surface area contributed by atoms with Crippen molar-refractivity contribution in [2.24, 2.45) is 0 Å².